The van der Waals surface area contributed by atoms with Gasteiger partial charge in [-0.25, -0.2) is 0 Å². The van der Waals surface area contributed by atoms with Crippen LogP contribution in [-0.4, -0.2) is 23.3 Å². The Morgan fingerprint density at radius 3 is 3.11 bits per heavy atom. The molecule has 1 aromatic heterocycles. The third-order valence-corrected chi connectivity index (χ3v) is 2.92. The van der Waals surface area contributed by atoms with E-state index in [1.165, 1.54) is 12.8 Å². The first-order chi connectivity index (χ1) is 8.85. The molecule has 2 aromatic rings. The highest BCUT2D eigenvalue weighted by Crippen LogP contribution is 2.22. The molecule has 0 radical (unpaired) electrons. The molecule has 94 valence electrons. The number of aromatic nitrogens is 2. The number of hydrogen-bond acceptors (Lipinski definition) is 5. The van der Waals surface area contributed by atoms with Gasteiger partial charge in [0.15, 0.2) is 0 Å². The third-order valence-electron chi connectivity index (χ3n) is 2.92. The zero-order valence-electron chi connectivity index (χ0n) is 10.2. The molecule has 0 aliphatic heterocycles. The van der Waals surface area contributed by atoms with Gasteiger partial charge in [-0.3, -0.25) is 0 Å². The molecule has 1 fully saturated rings. The van der Waals surface area contributed by atoms with Crippen LogP contribution in [0.4, 0.5) is 0 Å². The Labute approximate surface area is 105 Å². The predicted molar refractivity (Wildman–Crippen MR) is 66.1 cm³/mol. The fraction of sp³-hybridized carbons (Fsp3) is 0.385. The second kappa shape index (κ2) is 4.78. The molecule has 5 nitrogen and oxygen atoms in total. The Balaban J connectivity index is 1.74. The van der Waals surface area contributed by atoms with Crippen molar-refractivity contribution in [3.8, 4) is 17.1 Å². The highest BCUT2D eigenvalue weighted by Gasteiger charge is 2.21. The molecule has 3 rings (SSSR count). The van der Waals surface area contributed by atoms with E-state index < -0.39 is 0 Å². The minimum atomic E-state index is 0.599. The van der Waals surface area contributed by atoms with Crippen LogP contribution >= 0.6 is 0 Å². The third kappa shape index (κ3) is 2.51. The Bertz CT molecular complexity index is 535. The van der Waals surface area contributed by atoms with Crippen molar-refractivity contribution in [1.29, 1.82) is 0 Å². The Kier molecular flexibility index (Phi) is 2.98. The van der Waals surface area contributed by atoms with Crippen LogP contribution in [-0.2, 0) is 6.54 Å². The van der Waals surface area contributed by atoms with E-state index >= 15 is 0 Å². The summed E-state index contributed by atoms with van der Waals surface area (Å²) in [6.07, 6.45) is 2.49. The van der Waals surface area contributed by atoms with Crippen molar-refractivity contribution in [3.63, 3.8) is 0 Å². The van der Waals surface area contributed by atoms with Crippen LogP contribution in [0.25, 0.3) is 11.4 Å². The quantitative estimate of drug-likeness (QED) is 0.873. The van der Waals surface area contributed by atoms with Crippen molar-refractivity contribution in [2.45, 2.75) is 25.4 Å². The molecule has 0 saturated heterocycles. The zero-order valence-corrected chi connectivity index (χ0v) is 10.2. The summed E-state index contributed by atoms with van der Waals surface area (Å²) in [4.78, 5) is 4.36. The summed E-state index contributed by atoms with van der Waals surface area (Å²) >= 11 is 0. The number of rotatable bonds is 5. The summed E-state index contributed by atoms with van der Waals surface area (Å²) in [5, 5.41) is 7.32. The fourth-order valence-corrected chi connectivity index (χ4v) is 1.73. The van der Waals surface area contributed by atoms with Gasteiger partial charge in [0.05, 0.1) is 13.7 Å². The molecular weight excluding hydrogens is 230 g/mol. The highest BCUT2D eigenvalue weighted by atomic mass is 16.5. The van der Waals surface area contributed by atoms with Crippen molar-refractivity contribution in [3.05, 3.63) is 30.2 Å². The molecule has 0 amide bonds. The maximum Gasteiger partial charge on any atom is 0.240 e. The Morgan fingerprint density at radius 1 is 1.44 bits per heavy atom. The van der Waals surface area contributed by atoms with Crippen molar-refractivity contribution in [1.82, 2.24) is 15.5 Å². The topological polar surface area (TPSA) is 60.2 Å². The molecule has 1 aliphatic carbocycles. The second-order valence-corrected chi connectivity index (χ2v) is 4.40. The highest BCUT2D eigenvalue weighted by molar-refractivity contribution is 5.56. The van der Waals surface area contributed by atoms with Gasteiger partial charge in [-0.05, 0) is 25.0 Å². The molecule has 0 unspecified atom stereocenters. The average molecular weight is 245 g/mol. The van der Waals surface area contributed by atoms with Gasteiger partial charge in [0.1, 0.15) is 5.75 Å². The minimum Gasteiger partial charge on any atom is -0.497 e. The van der Waals surface area contributed by atoms with E-state index in [0.717, 1.165) is 11.3 Å². The van der Waals surface area contributed by atoms with Crippen molar-refractivity contribution < 1.29 is 9.26 Å². The van der Waals surface area contributed by atoms with Gasteiger partial charge < -0.3 is 14.6 Å². The van der Waals surface area contributed by atoms with E-state index in [0.29, 0.717) is 24.3 Å². The summed E-state index contributed by atoms with van der Waals surface area (Å²) in [5.41, 5.74) is 0.899. The van der Waals surface area contributed by atoms with Crippen LogP contribution in [0, 0.1) is 0 Å². The average Bonchev–Trinajstić information content (AvgIpc) is 3.13. The number of ether oxygens (including phenoxy) is 1. The van der Waals surface area contributed by atoms with Gasteiger partial charge >= 0.3 is 0 Å². The van der Waals surface area contributed by atoms with E-state index in [2.05, 4.69) is 15.5 Å². The van der Waals surface area contributed by atoms with Gasteiger partial charge in [-0.2, -0.15) is 4.98 Å². The molecule has 0 spiro atoms. The molecule has 1 heterocycles. The van der Waals surface area contributed by atoms with Crippen LogP contribution in [0.5, 0.6) is 5.75 Å². The maximum atomic E-state index is 5.21. The lowest BCUT2D eigenvalue weighted by Crippen LogP contribution is -2.15. The molecule has 1 N–H and O–H groups in total. The number of benzene rings is 1. The van der Waals surface area contributed by atoms with Crippen molar-refractivity contribution >= 4 is 0 Å². The van der Waals surface area contributed by atoms with E-state index in [9.17, 15) is 0 Å². The normalized spacial score (nSPS) is 14.7. The van der Waals surface area contributed by atoms with Crippen molar-refractivity contribution in [2.75, 3.05) is 7.11 Å². The molecule has 1 saturated carbocycles. The van der Waals surface area contributed by atoms with Crippen LogP contribution in [0.3, 0.4) is 0 Å². The summed E-state index contributed by atoms with van der Waals surface area (Å²) in [6, 6.07) is 8.26. The van der Waals surface area contributed by atoms with Crippen LogP contribution in [0.15, 0.2) is 28.8 Å². The van der Waals surface area contributed by atoms with E-state index in [4.69, 9.17) is 9.26 Å². The summed E-state index contributed by atoms with van der Waals surface area (Å²) < 4.78 is 10.4. The van der Waals surface area contributed by atoms with Gasteiger partial charge in [0.25, 0.3) is 0 Å². The largest absolute Gasteiger partial charge is 0.497 e. The van der Waals surface area contributed by atoms with E-state index in [1.54, 1.807) is 7.11 Å². The molecule has 1 aromatic carbocycles. The number of nitrogens with one attached hydrogen (secondary N) is 1. The van der Waals surface area contributed by atoms with Gasteiger partial charge in [0, 0.05) is 11.6 Å². The zero-order chi connectivity index (χ0) is 12.4. The van der Waals surface area contributed by atoms with Crippen LogP contribution < -0.4 is 10.1 Å². The monoisotopic (exact) mass is 245 g/mol. The minimum absolute atomic E-state index is 0.599. The molecular formula is C13H15N3O2. The Morgan fingerprint density at radius 2 is 2.33 bits per heavy atom. The fourth-order valence-electron chi connectivity index (χ4n) is 1.73. The lowest BCUT2D eigenvalue weighted by atomic mass is 10.2. The second-order valence-electron chi connectivity index (χ2n) is 4.40. The van der Waals surface area contributed by atoms with Crippen LogP contribution in [0.1, 0.15) is 18.7 Å². The Hall–Kier alpha value is -1.88. The number of hydrogen-bond donors (Lipinski definition) is 1. The van der Waals surface area contributed by atoms with E-state index in [1.807, 2.05) is 24.3 Å². The summed E-state index contributed by atoms with van der Waals surface area (Å²) in [5.74, 6) is 2.01. The van der Waals surface area contributed by atoms with Crippen LogP contribution in [0.2, 0.25) is 0 Å². The van der Waals surface area contributed by atoms with Crippen molar-refractivity contribution in [2.24, 2.45) is 0 Å². The first kappa shape index (κ1) is 11.2. The first-order valence-corrected chi connectivity index (χ1v) is 6.05. The van der Waals surface area contributed by atoms with Gasteiger partial charge in [0.2, 0.25) is 11.7 Å². The summed E-state index contributed by atoms with van der Waals surface area (Å²) in [6.45, 7) is 0.641. The summed E-state index contributed by atoms with van der Waals surface area (Å²) in [7, 11) is 1.64. The SMILES string of the molecule is COc1cccc(-c2noc(CNC3CC3)n2)c1. The molecule has 1 aliphatic rings. The van der Waals surface area contributed by atoms with Gasteiger partial charge in [-0.15, -0.1) is 0 Å². The molecule has 0 atom stereocenters. The van der Waals surface area contributed by atoms with E-state index in [-0.39, 0.29) is 0 Å². The molecule has 18 heavy (non-hydrogen) atoms. The lowest BCUT2D eigenvalue weighted by Gasteiger charge is -1.99. The molecule has 0 bridgehead atoms. The number of nitrogens with zero attached hydrogens (tertiary/aromatic N) is 2. The lowest BCUT2D eigenvalue weighted by molar-refractivity contribution is 0.367. The van der Waals surface area contributed by atoms with Gasteiger partial charge in [-0.1, -0.05) is 17.3 Å². The first-order valence-electron chi connectivity index (χ1n) is 6.05. The predicted octanol–water partition coefficient (Wildman–Crippen LogP) is 2.00. The molecule has 5 heteroatoms. The smallest absolute Gasteiger partial charge is 0.240 e. The standard InChI is InChI=1S/C13H15N3O2/c1-17-11-4-2-3-9(7-11)13-15-12(18-16-13)8-14-10-5-6-10/h2-4,7,10,14H,5-6,8H2,1H3. The number of methoxy groups -OCH3 is 1. The maximum absolute atomic E-state index is 5.21.